The Balaban J connectivity index is 1.84. The number of amides is 1. The number of thiophene rings is 1. The molecule has 23 heavy (non-hydrogen) atoms. The number of nitrogens with zero attached hydrogens (tertiary/aromatic N) is 1. The molecule has 0 bridgehead atoms. The molecule has 3 aromatic rings. The van der Waals surface area contributed by atoms with Gasteiger partial charge < -0.3 is 19.9 Å². The van der Waals surface area contributed by atoms with Crippen LogP contribution in [0.3, 0.4) is 0 Å². The zero-order valence-electron chi connectivity index (χ0n) is 11.8. The molecule has 0 fully saturated rings. The number of hydrogen-bond acceptors (Lipinski definition) is 6. The fraction of sp³-hybridized carbons (Fsp3) is 0.0714. The van der Waals surface area contributed by atoms with Gasteiger partial charge in [-0.1, -0.05) is 17.4 Å². The first-order valence-corrected chi connectivity index (χ1v) is 7.22. The van der Waals surface area contributed by atoms with Gasteiger partial charge in [-0.15, -0.1) is 0 Å². The number of carboxylic acid groups (broad SMARTS) is 1. The standard InChI is InChI=1S/C14H11N3O5S/c1-21-8-4-2-3-7(5-8)12(18)15-11-9-6-10(22-14(19)20)23-13(9)17-16-11/h2-6H,1H3,(H,19,20)(H2,15,16,17,18). The van der Waals surface area contributed by atoms with Gasteiger partial charge in [-0.25, -0.2) is 4.79 Å². The molecule has 0 aliphatic carbocycles. The van der Waals surface area contributed by atoms with E-state index < -0.39 is 6.16 Å². The highest BCUT2D eigenvalue weighted by atomic mass is 32.1. The maximum atomic E-state index is 12.3. The van der Waals surface area contributed by atoms with E-state index in [0.717, 1.165) is 11.3 Å². The molecule has 1 amide bonds. The minimum atomic E-state index is -1.40. The van der Waals surface area contributed by atoms with Crippen molar-refractivity contribution in [2.24, 2.45) is 0 Å². The summed E-state index contributed by atoms with van der Waals surface area (Å²) in [7, 11) is 1.52. The number of nitrogens with one attached hydrogen (secondary N) is 2. The van der Waals surface area contributed by atoms with E-state index in [4.69, 9.17) is 9.84 Å². The lowest BCUT2D eigenvalue weighted by Gasteiger charge is -2.04. The fourth-order valence-corrected chi connectivity index (χ4v) is 2.82. The molecule has 3 N–H and O–H groups in total. The molecule has 0 aliphatic rings. The van der Waals surface area contributed by atoms with E-state index in [1.54, 1.807) is 24.3 Å². The van der Waals surface area contributed by atoms with Crippen LogP contribution in [0.5, 0.6) is 10.8 Å². The van der Waals surface area contributed by atoms with Gasteiger partial charge in [0.25, 0.3) is 5.91 Å². The van der Waals surface area contributed by atoms with Crippen molar-refractivity contribution >= 4 is 39.4 Å². The van der Waals surface area contributed by atoms with Crippen LogP contribution in [0.4, 0.5) is 10.6 Å². The van der Waals surface area contributed by atoms with Crippen molar-refractivity contribution in [1.29, 1.82) is 0 Å². The van der Waals surface area contributed by atoms with Crippen LogP contribution in [0.15, 0.2) is 30.3 Å². The number of hydrogen-bond donors (Lipinski definition) is 3. The van der Waals surface area contributed by atoms with Gasteiger partial charge in [0.2, 0.25) is 0 Å². The summed E-state index contributed by atoms with van der Waals surface area (Å²) in [6.45, 7) is 0. The Hall–Kier alpha value is -3.07. The van der Waals surface area contributed by atoms with Gasteiger partial charge in [0, 0.05) is 11.6 Å². The topological polar surface area (TPSA) is 114 Å². The second kappa shape index (κ2) is 5.97. The average molecular weight is 333 g/mol. The van der Waals surface area contributed by atoms with Gasteiger partial charge in [0.15, 0.2) is 10.9 Å². The Morgan fingerprint density at radius 3 is 2.91 bits per heavy atom. The lowest BCUT2D eigenvalue weighted by atomic mass is 10.2. The van der Waals surface area contributed by atoms with E-state index in [1.165, 1.54) is 13.2 Å². The van der Waals surface area contributed by atoms with Crippen LogP contribution in [0.2, 0.25) is 0 Å². The van der Waals surface area contributed by atoms with Crippen molar-refractivity contribution in [2.75, 3.05) is 12.4 Å². The molecule has 0 unspecified atom stereocenters. The van der Waals surface area contributed by atoms with Crippen molar-refractivity contribution in [2.45, 2.75) is 0 Å². The van der Waals surface area contributed by atoms with Crippen molar-refractivity contribution in [3.8, 4) is 10.8 Å². The molecule has 0 aliphatic heterocycles. The highest BCUT2D eigenvalue weighted by molar-refractivity contribution is 7.20. The largest absolute Gasteiger partial charge is 0.512 e. The number of aromatic amines is 1. The Morgan fingerprint density at radius 1 is 1.35 bits per heavy atom. The van der Waals surface area contributed by atoms with Gasteiger partial charge in [0.05, 0.1) is 12.5 Å². The van der Waals surface area contributed by atoms with Crippen LogP contribution in [0.1, 0.15) is 10.4 Å². The molecule has 118 valence electrons. The van der Waals surface area contributed by atoms with Crippen molar-refractivity contribution in [3.05, 3.63) is 35.9 Å². The van der Waals surface area contributed by atoms with Crippen LogP contribution in [0, 0.1) is 0 Å². The van der Waals surface area contributed by atoms with Crippen LogP contribution in [0.25, 0.3) is 10.2 Å². The first kappa shape index (κ1) is 14.9. The van der Waals surface area contributed by atoms with Gasteiger partial charge in [-0.2, -0.15) is 5.10 Å². The molecule has 0 saturated heterocycles. The van der Waals surface area contributed by atoms with E-state index in [2.05, 4.69) is 20.3 Å². The normalized spacial score (nSPS) is 10.5. The molecular weight excluding hydrogens is 322 g/mol. The number of H-pyrrole nitrogens is 1. The molecule has 0 spiro atoms. The molecule has 2 heterocycles. The maximum absolute atomic E-state index is 12.3. The lowest BCUT2D eigenvalue weighted by Crippen LogP contribution is -2.12. The SMILES string of the molecule is COc1cccc(C(=O)Nc2n[nH]c3sc(OC(=O)O)cc23)c1. The molecule has 8 nitrogen and oxygen atoms in total. The monoisotopic (exact) mass is 333 g/mol. The Kier molecular flexibility index (Phi) is 3.85. The minimum absolute atomic E-state index is 0.193. The van der Waals surface area contributed by atoms with Crippen LogP contribution >= 0.6 is 11.3 Å². The zero-order valence-corrected chi connectivity index (χ0v) is 12.6. The predicted molar refractivity (Wildman–Crippen MR) is 83.6 cm³/mol. The van der Waals surface area contributed by atoms with Crippen LogP contribution in [-0.2, 0) is 0 Å². The summed E-state index contributed by atoms with van der Waals surface area (Å²) in [5.41, 5.74) is 0.415. The first-order valence-electron chi connectivity index (χ1n) is 6.41. The van der Waals surface area contributed by atoms with Crippen molar-refractivity contribution in [1.82, 2.24) is 10.2 Å². The van der Waals surface area contributed by atoms with E-state index in [0.29, 0.717) is 27.3 Å². The molecule has 0 radical (unpaired) electrons. The first-order chi connectivity index (χ1) is 11.1. The van der Waals surface area contributed by atoms with Crippen molar-refractivity contribution < 1.29 is 24.2 Å². The number of ether oxygens (including phenoxy) is 2. The van der Waals surface area contributed by atoms with E-state index in [9.17, 15) is 9.59 Å². The summed E-state index contributed by atoms with van der Waals surface area (Å²) in [6.07, 6.45) is -1.40. The number of carbonyl (C=O) groups excluding carboxylic acids is 1. The summed E-state index contributed by atoms with van der Waals surface area (Å²) in [5, 5.41) is 18.8. The third-order valence-corrected chi connectivity index (χ3v) is 3.90. The third-order valence-electron chi connectivity index (χ3n) is 2.99. The highest BCUT2D eigenvalue weighted by Crippen LogP contribution is 2.34. The molecule has 1 aromatic carbocycles. The lowest BCUT2D eigenvalue weighted by molar-refractivity contribution is 0.102. The number of anilines is 1. The van der Waals surface area contributed by atoms with Gasteiger partial charge >= 0.3 is 6.16 Å². The maximum Gasteiger partial charge on any atom is 0.512 e. The second-order valence-electron chi connectivity index (χ2n) is 4.43. The molecule has 9 heteroatoms. The second-order valence-corrected chi connectivity index (χ2v) is 5.45. The number of aromatic nitrogens is 2. The third kappa shape index (κ3) is 3.09. The summed E-state index contributed by atoms with van der Waals surface area (Å²) >= 11 is 1.08. The Labute approximate surface area is 133 Å². The smallest absolute Gasteiger partial charge is 0.497 e. The Morgan fingerprint density at radius 2 is 2.17 bits per heavy atom. The highest BCUT2D eigenvalue weighted by Gasteiger charge is 2.16. The number of benzene rings is 1. The van der Waals surface area contributed by atoms with E-state index in [1.807, 2.05) is 0 Å². The minimum Gasteiger partial charge on any atom is -0.497 e. The molecule has 0 saturated carbocycles. The van der Waals surface area contributed by atoms with Gasteiger partial charge in [-0.3, -0.25) is 9.89 Å². The molecule has 2 aromatic heterocycles. The van der Waals surface area contributed by atoms with Crippen LogP contribution in [-0.4, -0.2) is 34.5 Å². The average Bonchev–Trinajstić information content (AvgIpc) is 3.08. The van der Waals surface area contributed by atoms with E-state index >= 15 is 0 Å². The predicted octanol–water partition coefficient (Wildman–Crippen LogP) is 2.94. The number of methoxy groups -OCH3 is 1. The number of carbonyl (C=O) groups is 2. The van der Waals surface area contributed by atoms with Gasteiger partial charge in [0.1, 0.15) is 10.6 Å². The van der Waals surface area contributed by atoms with Gasteiger partial charge in [-0.05, 0) is 18.2 Å². The number of rotatable bonds is 4. The fourth-order valence-electron chi connectivity index (χ4n) is 1.97. The van der Waals surface area contributed by atoms with Crippen LogP contribution < -0.4 is 14.8 Å². The zero-order chi connectivity index (χ0) is 16.4. The quantitative estimate of drug-likeness (QED) is 0.633. The summed E-state index contributed by atoms with van der Waals surface area (Å²) in [5.74, 6) is 0.506. The molecule has 0 atom stereocenters. The summed E-state index contributed by atoms with van der Waals surface area (Å²) in [6, 6.07) is 8.19. The summed E-state index contributed by atoms with van der Waals surface area (Å²) < 4.78 is 9.67. The van der Waals surface area contributed by atoms with Crippen molar-refractivity contribution in [3.63, 3.8) is 0 Å². The molecular formula is C14H11N3O5S. The molecule has 3 rings (SSSR count). The van der Waals surface area contributed by atoms with E-state index in [-0.39, 0.29) is 11.0 Å². The Bertz CT molecular complexity index is 886. The number of fused-ring (bicyclic) bond motifs is 1. The summed E-state index contributed by atoms with van der Waals surface area (Å²) in [4.78, 5) is 23.4.